The van der Waals surface area contributed by atoms with Gasteiger partial charge in [0.1, 0.15) is 6.10 Å². The van der Waals surface area contributed by atoms with E-state index < -0.39 is 0 Å². The van der Waals surface area contributed by atoms with Crippen molar-refractivity contribution in [2.24, 2.45) is 0 Å². The maximum atomic E-state index is 6.36. The van der Waals surface area contributed by atoms with E-state index in [4.69, 9.17) is 4.74 Å². The Bertz CT molecular complexity index is 626. The lowest BCUT2D eigenvalue weighted by atomic mass is 9.88. The Morgan fingerprint density at radius 1 is 0.917 bits per heavy atom. The Labute approximate surface area is 153 Å². The number of halogens is 1. The van der Waals surface area contributed by atoms with Crippen LogP contribution in [0.15, 0.2) is 36.4 Å². The van der Waals surface area contributed by atoms with Crippen molar-refractivity contribution in [3.8, 4) is 0 Å². The predicted octanol–water partition coefficient (Wildman–Crippen LogP) is 5.01. The third kappa shape index (κ3) is 4.83. The normalized spacial score (nSPS) is 12.1. The number of nitrogens with zero attached hydrogens (tertiary/aromatic N) is 1. The minimum absolute atomic E-state index is 0. The average Bonchev–Trinajstić information content (AvgIpc) is 2.52. The highest BCUT2D eigenvalue weighted by Crippen LogP contribution is 2.34. The highest BCUT2D eigenvalue weighted by Gasteiger charge is 2.21. The lowest BCUT2D eigenvalue weighted by Gasteiger charge is -2.25. The van der Waals surface area contributed by atoms with Gasteiger partial charge in [0.05, 0.1) is 6.61 Å². The second-order valence-corrected chi connectivity index (χ2v) is 6.64. The van der Waals surface area contributed by atoms with Gasteiger partial charge in [0.2, 0.25) is 0 Å². The molecule has 0 aliphatic heterocycles. The van der Waals surface area contributed by atoms with Crippen LogP contribution in [-0.4, -0.2) is 32.1 Å². The molecule has 24 heavy (non-hydrogen) atoms. The molecule has 0 radical (unpaired) electrons. The lowest BCUT2D eigenvalue weighted by Crippen LogP contribution is -2.21. The average molecular weight is 348 g/mol. The third-order valence-corrected chi connectivity index (χ3v) is 4.61. The summed E-state index contributed by atoms with van der Waals surface area (Å²) in [6.45, 7) is 10.4. The van der Waals surface area contributed by atoms with Crippen molar-refractivity contribution in [2.75, 3.05) is 27.2 Å². The van der Waals surface area contributed by atoms with Crippen molar-refractivity contribution in [1.82, 2.24) is 4.90 Å². The Kier molecular flexibility index (Phi) is 7.95. The van der Waals surface area contributed by atoms with Gasteiger partial charge < -0.3 is 9.64 Å². The van der Waals surface area contributed by atoms with Crippen molar-refractivity contribution < 1.29 is 4.74 Å². The third-order valence-electron chi connectivity index (χ3n) is 4.61. The monoisotopic (exact) mass is 347 g/mol. The molecule has 3 heteroatoms. The van der Waals surface area contributed by atoms with Crippen LogP contribution in [0.4, 0.5) is 0 Å². The first kappa shape index (κ1) is 20.7. The smallest absolute Gasteiger partial charge is 0.108 e. The van der Waals surface area contributed by atoms with Gasteiger partial charge in [0, 0.05) is 6.54 Å². The van der Waals surface area contributed by atoms with Crippen molar-refractivity contribution in [3.05, 3.63) is 69.8 Å². The second kappa shape index (κ2) is 9.22. The number of rotatable bonds is 6. The molecule has 2 nitrogen and oxygen atoms in total. The molecule has 1 unspecified atom stereocenters. The zero-order valence-corrected chi connectivity index (χ0v) is 16.5. The molecule has 132 valence electrons. The standard InChI is InChI=1S/C21H29NO.ClH/c1-15-14-16(2)18(4)20(17(15)3)21(23-13-12-22(5)6)19-10-8-7-9-11-19;/h7-11,14,21H,12-13H2,1-6H3;1H. The number of ether oxygens (including phenoxy) is 1. The van der Waals surface area contributed by atoms with Crippen LogP contribution in [0.25, 0.3) is 0 Å². The highest BCUT2D eigenvalue weighted by molar-refractivity contribution is 5.85. The highest BCUT2D eigenvalue weighted by atomic mass is 35.5. The summed E-state index contributed by atoms with van der Waals surface area (Å²) in [5, 5.41) is 0. The molecule has 2 aromatic carbocycles. The minimum atomic E-state index is -0.00486. The van der Waals surface area contributed by atoms with Gasteiger partial charge in [0.15, 0.2) is 0 Å². The SMILES string of the molecule is Cc1cc(C)c(C)c(C(OCCN(C)C)c2ccccc2)c1C.Cl. The first-order chi connectivity index (χ1) is 10.9. The number of hydrogen-bond donors (Lipinski definition) is 0. The molecule has 2 rings (SSSR count). The number of hydrogen-bond acceptors (Lipinski definition) is 2. The van der Waals surface area contributed by atoms with E-state index >= 15 is 0 Å². The second-order valence-electron chi connectivity index (χ2n) is 6.64. The summed E-state index contributed by atoms with van der Waals surface area (Å²) in [5.74, 6) is 0. The summed E-state index contributed by atoms with van der Waals surface area (Å²) in [6.07, 6.45) is -0.00486. The van der Waals surface area contributed by atoms with Crippen molar-refractivity contribution in [3.63, 3.8) is 0 Å². The molecule has 0 saturated carbocycles. The van der Waals surface area contributed by atoms with Crippen LogP contribution in [0.3, 0.4) is 0 Å². The number of benzene rings is 2. The molecular formula is C21H30ClNO. The topological polar surface area (TPSA) is 12.5 Å². The van der Waals surface area contributed by atoms with Gasteiger partial charge in [-0.2, -0.15) is 0 Å². The van der Waals surface area contributed by atoms with Gasteiger partial charge in [0.25, 0.3) is 0 Å². The molecule has 0 bridgehead atoms. The zero-order chi connectivity index (χ0) is 17.0. The Balaban J connectivity index is 0.00000288. The van der Waals surface area contributed by atoms with E-state index in [2.05, 4.69) is 83.1 Å². The molecule has 0 aliphatic rings. The molecule has 0 N–H and O–H groups in total. The van der Waals surface area contributed by atoms with Crippen LogP contribution in [0.5, 0.6) is 0 Å². The fraction of sp³-hybridized carbons (Fsp3) is 0.429. The van der Waals surface area contributed by atoms with E-state index in [0.29, 0.717) is 0 Å². The Morgan fingerprint density at radius 3 is 1.96 bits per heavy atom. The molecule has 0 spiro atoms. The molecule has 0 heterocycles. The van der Waals surface area contributed by atoms with E-state index in [-0.39, 0.29) is 18.5 Å². The number of aryl methyl sites for hydroxylation is 2. The van der Waals surface area contributed by atoms with Gasteiger partial charge in [-0.05, 0) is 75.2 Å². The molecule has 0 amide bonds. The Morgan fingerprint density at radius 2 is 1.46 bits per heavy atom. The van der Waals surface area contributed by atoms with Crippen LogP contribution in [0, 0.1) is 27.7 Å². The molecule has 0 aromatic heterocycles. The van der Waals surface area contributed by atoms with Crippen molar-refractivity contribution >= 4 is 12.4 Å². The Hall–Kier alpha value is -1.35. The van der Waals surface area contributed by atoms with Gasteiger partial charge in [-0.3, -0.25) is 0 Å². The van der Waals surface area contributed by atoms with Gasteiger partial charge in [-0.25, -0.2) is 0 Å². The van der Waals surface area contributed by atoms with Crippen LogP contribution in [0.1, 0.15) is 39.5 Å². The first-order valence-corrected chi connectivity index (χ1v) is 8.30. The summed E-state index contributed by atoms with van der Waals surface area (Å²) in [5.41, 5.74) is 7.90. The summed E-state index contributed by atoms with van der Waals surface area (Å²) >= 11 is 0. The summed E-state index contributed by atoms with van der Waals surface area (Å²) < 4.78 is 6.36. The maximum Gasteiger partial charge on any atom is 0.108 e. The minimum Gasteiger partial charge on any atom is -0.367 e. The van der Waals surface area contributed by atoms with Crippen molar-refractivity contribution in [1.29, 1.82) is 0 Å². The summed E-state index contributed by atoms with van der Waals surface area (Å²) in [6, 6.07) is 12.8. The number of likely N-dealkylation sites (N-methyl/N-ethyl adjacent to an activating group) is 1. The van der Waals surface area contributed by atoms with E-state index in [0.717, 1.165) is 13.2 Å². The van der Waals surface area contributed by atoms with E-state index in [1.807, 2.05) is 0 Å². The van der Waals surface area contributed by atoms with Crippen LogP contribution in [-0.2, 0) is 4.74 Å². The van der Waals surface area contributed by atoms with E-state index in [9.17, 15) is 0 Å². The van der Waals surface area contributed by atoms with Gasteiger partial charge in [-0.1, -0.05) is 36.4 Å². The molecular weight excluding hydrogens is 318 g/mol. The molecule has 1 atom stereocenters. The zero-order valence-electron chi connectivity index (χ0n) is 15.7. The molecule has 0 aliphatic carbocycles. The van der Waals surface area contributed by atoms with E-state index in [1.54, 1.807) is 0 Å². The molecule has 0 saturated heterocycles. The summed E-state index contributed by atoms with van der Waals surface area (Å²) in [4.78, 5) is 2.16. The maximum absolute atomic E-state index is 6.36. The van der Waals surface area contributed by atoms with Crippen LogP contribution in [0.2, 0.25) is 0 Å². The van der Waals surface area contributed by atoms with Crippen LogP contribution >= 0.6 is 12.4 Å². The first-order valence-electron chi connectivity index (χ1n) is 8.30. The van der Waals surface area contributed by atoms with Crippen LogP contribution < -0.4 is 0 Å². The molecule has 0 fully saturated rings. The fourth-order valence-electron chi connectivity index (χ4n) is 2.97. The van der Waals surface area contributed by atoms with E-state index in [1.165, 1.54) is 33.4 Å². The quantitative estimate of drug-likeness (QED) is 0.728. The van der Waals surface area contributed by atoms with Gasteiger partial charge >= 0.3 is 0 Å². The lowest BCUT2D eigenvalue weighted by molar-refractivity contribution is 0.0679. The fourth-order valence-corrected chi connectivity index (χ4v) is 2.97. The predicted molar refractivity (Wildman–Crippen MR) is 105 cm³/mol. The molecule has 2 aromatic rings. The van der Waals surface area contributed by atoms with Crippen molar-refractivity contribution in [2.45, 2.75) is 33.8 Å². The summed E-state index contributed by atoms with van der Waals surface area (Å²) in [7, 11) is 4.16. The largest absolute Gasteiger partial charge is 0.367 e. The van der Waals surface area contributed by atoms with Gasteiger partial charge in [-0.15, -0.1) is 12.4 Å².